The Bertz CT molecular complexity index is 952. The first-order chi connectivity index (χ1) is 18.6. The fourth-order valence-electron chi connectivity index (χ4n) is 11.3. The third kappa shape index (κ3) is 3.41. The van der Waals surface area contributed by atoms with Gasteiger partial charge in [-0.2, -0.15) is 0 Å². The minimum absolute atomic E-state index is 0.0495. The average molecular weight is 545 g/mol. The zero-order valence-electron chi connectivity index (χ0n) is 25.2. The summed E-state index contributed by atoms with van der Waals surface area (Å²) in [5.74, 6) is 0. The number of piperidine rings is 1. The third-order valence-corrected chi connectivity index (χ3v) is 13.6. The van der Waals surface area contributed by atoms with Crippen LogP contribution in [-0.2, 0) is 18.9 Å². The van der Waals surface area contributed by atoms with Crippen molar-refractivity contribution in [3.8, 4) is 0 Å². The van der Waals surface area contributed by atoms with Crippen molar-refractivity contribution < 1.29 is 18.9 Å². The number of fused-ring (bicyclic) bond motifs is 9. The van der Waals surface area contributed by atoms with E-state index >= 15 is 0 Å². The van der Waals surface area contributed by atoms with Crippen molar-refractivity contribution in [2.24, 2.45) is 0 Å². The molecule has 8 nitrogen and oxygen atoms in total. The maximum atomic E-state index is 6.53. The van der Waals surface area contributed by atoms with Gasteiger partial charge in [0.25, 0.3) is 0 Å². The zero-order valence-corrected chi connectivity index (χ0v) is 25.2. The molecule has 220 valence electrons. The van der Waals surface area contributed by atoms with Crippen molar-refractivity contribution in [3.05, 3.63) is 0 Å². The first kappa shape index (κ1) is 26.3. The molecule has 9 heterocycles. The Labute approximate surface area is 235 Å². The molecule has 9 rings (SSSR count). The highest BCUT2D eigenvalue weighted by Crippen LogP contribution is 2.56. The molecule has 10 unspecified atom stereocenters. The van der Waals surface area contributed by atoms with E-state index < -0.39 is 0 Å². The Kier molecular flexibility index (Phi) is 5.97. The highest BCUT2D eigenvalue weighted by molar-refractivity contribution is 5.26. The van der Waals surface area contributed by atoms with E-state index in [9.17, 15) is 0 Å². The molecule has 0 saturated carbocycles. The van der Waals surface area contributed by atoms with Crippen LogP contribution in [0.1, 0.15) is 73.1 Å². The van der Waals surface area contributed by atoms with Crippen LogP contribution < -0.4 is 0 Å². The summed E-state index contributed by atoms with van der Waals surface area (Å²) in [6.45, 7) is 18.5. The number of rotatable bonds is 6. The highest BCUT2D eigenvalue weighted by atomic mass is 16.5. The number of hydrogen-bond acceptors (Lipinski definition) is 8. The standard InChI is InChI=1S/C31H52N4O4/c1-29(2,33-13-24-10-9-19(33)16-37-24)31(5,34-20-7-8-21(34)15-36-14-20)30(3,4)35-23-12-26(39-18-23)28(35)27-25-11-22(17-38-25)32(27)6/h19-28H,7-18H2,1-6H3/t19?,20?,21?,22?,23?,24?,25?,26?,27?,28?,31-/m0/s1. The summed E-state index contributed by atoms with van der Waals surface area (Å²) in [4.78, 5) is 11.5. The van der Waals surface area contributed by atoms with Crippen molar-refractivity contribution in [1.82, 2.24) is 19.6 Å². The fourth-order valence-corrected chi connectivity index (χ4v) is 11.3. The van der Waals surface area contributed by atoms with E-state index in [-0.39, 0.29) is 16.6 Å². The van der Waals surface area contributed by atoms with Crippen molar-refractivity contribution >= 4 is 0 Å². The van der Waals surface area contributed by atoms with E-state index in [1.54, 1.807) is 0 Å². The molecule has 0 amide bonds. The number of likely N-dealkylation sites (tertiary alicyclic amines) is 2. The van der Waals surface area contributed by atoms with Crippen LogP contribution >= 0.6 is 0 Å². The summed E-state index contributed by atoms with van der Waals surface area (Å²) in [5.41, 5.74) is -0.248. The average Bonchev–Trinajstić information content (AvgIpc) is 3.76. The first-order valence-corrected chi connectivity index (χ1v) is 16.1. The molecule has 0 aliphatic carbocycles. The van der Waals surface area contributed by atoms with Gasteiger partial charge in [0.15, 0.2) is 0 Å². The molecule has 0 radical (unpaired) electrons. The second kappa shape index (κ2) is 8.85. The van der Waals surface area contributed by atoms with Gasteiger partial charge in [0.05, 0.1) is 69.0 Å². The predicted molar refractivity (Wildman–Crippen MR) is 149 cm³/mol. The molecule has 39 heavy (non-hydrogen) atoms. The lowest BCUT2D eigenvalue weighted by molar-refractivity contribution is -0.228. The largest absolute Gasteiger partial charge is 0.378 e. The molecule has 0 aromatic rings. The molecule has 9 saturated heterocycles. The summed E-state index contributed by atoms with van der Waals surface area (Å²) < 4.78 is 25.4. The van der Waals surface area contributed by atoms with Gasteiger partial charge in [0.1, 0.15) is 0 Å². The van der Waals surface area contributed by atoms with E-state index in [1.165, 1.54) is 32.1 Å². The maximum Gasteiger partial charge on any atom is 0.0763 e. The van der Waals surface area contributed by atoms with Crippen molar-refractivity contribution in [1.29, 1.82) is 0 Å². The van der Waals surface area contributed by atoms with Gasteiger partial charge in [-0.05, 0) is 80.2 Å². The molecule has 9 aliphatic heterocycles. The lowest BCUT2D eigenvalue weighted by Gasteiger charge is -2.70. The molecular formula is C31H52N4O4. The quantitative estimate of drug-likeness (QED) is 0.505. The monoisotopic (exact) mass is 544 g/mol. The van der Waals surface area contributed by atoms with Crippen LogP contribution in [0.4, 0.5) is 0 Å². The van der Waals surface area contributed by atoms with Crippen LogP contribution in [0, 0.1) is 0 Å². The number of morpholine rings is 4. The second-order valence-electron chi connectivity index (χ2n) is 15.4. The Morgan fingerprint density at radius 1 is 0.590 bits per heavy atom. The summed E-state index contributed by atoms with van der Waals surface area (Å²) in [6.07, 6.45) is 8.34. The highest BCUT2D eigenvalue weighted by Gasteiger charge is 2.69. The van der Waals surface area contributed by atoms with Crippen molar-refractivity contribution in [2.75, 3.05) is 46.6 Å². The van der Waals surface area contributed by atoms with Crippen LogP contribution in [0.2, 0.25) is 0 Å². The first-order valence-electron chi connectivity index (χ1n) is 16.1. The summed E-state index contributed by atoms with van der Waals surface area (Å²) >= 11 is 0. The van der Waals surface area contributed by atoms with Gasteiger partial charge < -0.3 is 18.9 Å². The number of likely N-dealkylation sites (N-methyl/N-ethyl adjacent to an activating group) is 1. The van der Waals surface area contributed by atoms with Gasteiger partial charge >= 0.3 is 0 Å². The second-order valence-corrected chi connectivity index (χ2v) is 15.4. The summed E-state index contributed by atoms with van der Waals surface area (Å²) in [6, 6.07) is 3.31. The van der Waals surface area contributed by atoms with Crippen LogP contribution in [0.3, 0.4) is 0 Å². The molecule has 0 N–H and O–H groups in total. The molecule has 9 aliphatic rings. The Morgan fingerprint density at radius 2 is 1.21 bits per heavy atom. The van der Waals surface area contributed by atoms with Gasteiger partial charge in [-0.25, -0.2) is 0 Å². The molecule has 9 fully saturated rings. The number of nitrogens with zero attached hydrogens (tertiary/aromatic N) is 4. The predicted octanol–water partition coefficient (Wildman–Crippen LogP) is 2.34. The fraction of sp³-hybridized carbons (Fsp3) is 1.00. The molecule has 0 aromatic carbocycles. The van der Waals surface area contributed by atoms with Gasteiger partial charge in [-0.15, -0.1) is 0 Å². The van der Waals surface area contributed by atoms with Crippen molar-refractivity contribution in [2.45, 2.75) is 150 Å². The SMILES string of the molecule is CN1C2COC(C2)C1C1C2CC(CO2)N1C(C)(C)[C@@](C)(N1C2CCC1COC2)C(C)(C)N1CC2CCC1CO2. The lowest BCUT2D eigenvalue weighted by atomic mass is 9.63. The molecule has 0 spiro atoms. The van der Waals surface area contributed by atoms with E-state index in [0.29, 0.717) is 60.6 Å². The lowest BCUT2D eigenvalue weighted by Crippen LogP contribution is -2.84. The van der Waals surface area contributed by atoms with E-state index in [4.69, 9.17) is 18.9 Å². The van der Waals surface area contributed by atoms with E-state index in [1.807, 2.05) is 0 Å². The topological polar surface area (TPSA) is 49.9 Å². The van der Waals surface area contributed by atoms with E-state index in [0.717, 1.165) is 46.0 Å². The summed E-state index contributed by atoms with van der Waals surface area (Å²) in [5, 5.41) is 0. The minimum Gasteiger partial charge on any atom is -0.378 e. The molecule has 8 bridgehead atoms. The smallest absolute Gasteiger partial charge is 0.0763 e. The van der Waals surface area contributed by atoms with Gasteiger partial charge in [0.2, 0.25) is 0 Å². The van der Waals surface area contributed by atoms with Crippen molar-refractivity contribution in [3.63, 3.8) is 0 Å². The van der Waals surface area contributed by atoms with Crippen LogP contribution in [-0.4, -0.2) is 143 Å². The van der Waals surface area contributed by atoms with E-state index in [2.05, 4.69) is 61.3 Å². The third-order valence-electron chi connectivity index (χ3n) is 13.6. The Morgan fingerprint density at radius 3 is 1.79 bits per heavy atom. The van der Waals surface area contributed by atoms with Crippen LogP contribution in [0.15, 0.2) is 0 Å². The van der Waals surface area contributed by atoms with Gasteiger partial charge in [0, 0.05) is 47.8 Å². The maximum absolute atomic E-state index is 6.53. The molecule has 11 atom stereocenters. The Balaban J connectivity index is 1.23. The molecule has 8 heteroatoms. The van der Waals surface area contributed by atoms with Crippen LogP contribution in [0.5, 0.6) is 0 Å². The minimum atomic E-state index is -0.104. The van der Waals surface area contributed by atoms with Gasteiger partial charge in [-0.1, -0.05) is 0 Å². The molecular weight excluding hydrogens is 492 g/mol. The number of hydrogen-bond donors (Lipinski definition) is 0. The Hall–Kier alpha value is -0.320. The number of ether oxygens (including phenoxy) is 4. The van der Waals surface area contributed by atoms with Gasteiger partial charge in [-0.3, -0.25) is 19.6 Å². The normalized spacial score (nSPS) is 48.5. The van der Waals surface area contributed by atoms with Crippen LogP contribution in [0.25, 0.3) is 0 Å². The molecule has 0 aromatic heterocycles. The summed E-state index contributed by atoms with van der Waals surface area (Å²) in [7, 11) is 2.35. The zero-order chi connectivity index (χ0) is 26.9.